The van der Waals surface area contributed by atoms with Crippen LogP contribution in [0.25, 0.3) is 10.9 Å². The van der Waals surface area contributed by atoms with E-state index in [1.807, 2.05) is 9.80 Å². The Labute approximate surface area is 199 Å². The van der Waals surface area contributed by atoms with Gasteiger partial charge in [0.2, 0.25) is 5.91 Å². The molecular formula is C24H25F3N4O4. The summed E-state index contributed by atoms with van der Waals surface area (Å²) in [7, 11) is 2.75. The van der Waals surface area contributed by atoms with Crippen LogP contribution in [0.15, 0.2) is 42.5 Å². The monoisotopic (exact) mass is 490 g/mol. The number of fused-ring (bicyclic) bond motifs is 1. The summed E-state index contributed by atoms with van der Waals surface area (Å²) in [5.74, 6) is -0.485. The minimum absolute atomic E-state index is 0.0544. The van der Waals surface area contributed by atoms with Gasteiger partial charge in [-0.2, -0.15) is 13.2 Å². The van der Waals surface area contributed by atoms with Crippen molar-refractivity contribution < 1.29 is 32.2 Å². The number of benzene rings is 2. The lowest BCUT2D eigenvalue weighted by Crippen LogP contribution is -2.48. The topological polar surface area (TPSA) is 86.9 Å². The molecule has 0 aliphatic carbocycles. The Morgan fingerprint density at radius 2 is 1.77 bits per heavy atom. The van der Waals surface area contributed by atoms with Crippen molar-refractivity contribution >= 4 is 34.2 Å². The van der Waals surface area contributed by atoms with Gasteiger partial charge in [0.15, 0.2) is 0 Å². The van der Waals surface area contributed by atoms with E-state index < -0.39 is 17.7 Å². The van der Waals surface area contributed by atoms with E-state index in [4.69, 9.17) is 9.47 Å². The number of carbonyl (C=O) groups excluding carboxylic acids is 2. The van der Waals surface area contributed by atoms with Gasteiger partial charge >= 0.3 is 12.1 Å². The standard InChI is InChI=1S/C24H25F3N4O4/c1-34-18-8-4-7-17-20(18)21(22(28-17)23(33)35-2)29-19(32)14-30-9-11-31(12-10-30)16-6-3-5-15(13-16)24(25,26)27/h3-8,13,28H,9-12,14H2,1-2H3,(H,29,32). The number of anilines is 2. The number of alkyl halides is 3. The number of hydrogen-bond donors (Lipinski definition) is 2. The summed E-state index contributed by atoms with van der Waals surface area (Å²) in [5.41, 5.74) is 0.797. The maximum Gasteiger partial charge on any atom is 0.416 e. The lowest BCUT2D eigenvalue weighted by atomic mass is 10.1. The molecule has 35 heavy (non-hydrogen) atoms. The zero-order chi connectivity index (χ0) is 25.2. The number of piperazine rings is 1. The summed E-state index contributed by atoms with van der Waals surface area (Å²) in [6, 6.07) is 10.5. The quantitative estimate of drug-likeness (QED) is 0.512. The Bertz CT molecular complexity index is 1230. The number of carbonyl (C=O) groups is 2. The van der Waals surface area contributed by atoms with Crippen LogP contribution in [0.4, 0.5) is 24.5 Å². The predicted molar refractivity (Wildman–Crippen MR) is 125 cm³/mol. The van der Waals surface area contributed by atoms with Crippen molar-refractivity contribution in [1.82, 2.24) is 9.88 Å². The van der Waals surface area contributed by atoms with E-state index in [1.54, 1.807) is 24.3 Å². The maximum absolute atomic E-state index is 13.0. The van der Waals surface area contributed by atoms with Gasteiger partial charge in [-0.15, -0.1) is 0 Å². The molecule has 1 aliphatic rings. The van der Waals surface area contributed by atoms with Gasteiger partial charge in [-0.3, -0.25) is 9.69 Å². The number of amides is 1. The first-order chi connectivity index (χ1) is 16.7. The van der Waals surface area contributed by atoms with Crippen LogP contribution in [0.1, 0.15) is 16.1 Å². The fourth-order valence-corrected chi connectivity index (χ4v) is 4.19. The third-order valence-corrected chi connectivity index (χ3v) is 5.94. The van der Waals surface area contributed by atoms with Crippen molar-refractivity contribution in [2.75, 3.05) is 57.2 Å². The molecule has 0 radical (unpaired) electrons. The van der Waals surface area contributed by atoms with E-state index in [2.05, 4.69) is 10.3 Å². The highest BCUT2D eigenvalue weighted by Gasteiger charge is 2.31. The van der Waals surface area contributed by atoms with Crippen LogP contribution in [0.5, 0.6) is 5.75 Å². The molecule has 2 aromatic carbocycles. The SMILES string of the molecule is COC(=O)c1[nH]c2cccc(OC)c2c1NC(=O)CN1CCN(c2cccc(C(F)(F)F)c2)CC1. The Morgan fingerprint density at radius 1 is 1.06 bits per heavy atom. The first-order valence-electron chi connectivity index (χ1n) is 10.9. The second-order valence-electron chi connectivity index (χ2n) is 8.11. The summed E-state index contributed by atoms with van der Waals surface area (Å²) in [5, 5.41) is 3.36. The number of nitrogens with one attached hydrogen (secondary N) is 2. The second-order valence-corrected chi connectivity index (χ2v) is 8.11. The smallest absolute Gasteiger partial charge is 0.416 e. The van der Waals surface area contributed by atoms with Gasteiger partial charge in [0.1, 0.15) is 11.4 Å². The number of esters is 1. The molecule has 1 aromatic heterocycles. The average molecular weight is 490 g/mol. The average Bonchev–Trinajstić information content (AvgIpc) is 3.22. The highest BCUT2D eigenvalue weighted by Crippen LogP contribution is 2.36. The molecule has 1 amide bonds. The second kappa shape index (κ2) is 9.87. The fourth-order valence-electron chi connectivity index (χ4n) is 4.19. The van der Waals surface area contributed by atoms with Crippen LogP contribution >= 0.6 is 0 Å². The number of ether oxygens (including phenoxy) is 2. The van der Waals surface area contributed by atoms with Crippen molar-refractivity contribution in [3.8, 4) is 5.75 Å². The van der Waals surface area contributed by atoms with Crippen LogP contribution < -0.4 is 15.0 Å². The van der Waals surface area contributed by atoms with E-state index in [9.17, 15) is 22.8 Å². The molecule has 186 valence electrons. The van der Waals surface area contributed by atoms with Crippen LogP contribution in [0.3, 0.4) is 0 Å². The van der Waals surface area contributed by atoms with Crippen LogP contribution in [0.2, 0.25) is 0 Å². The summed E-state index contributed by atoms with van der Waals surface area (Å²) < 4.78 is 49.3. The Morgan fingerprint density at radius 3 is 2.43 bits per heavy atom. The Balaban J connectivity index is 1.44. The molecule has 1 aliphatic heterocycles. The van der Waals surface area contributed by atoms with Crippen molar-refractivity contribution in [2.24, 2.45) is 0 Å². The molecule has 0 saturated carbocycles. The summed E-state index contributed by atoms with van der Waals surface area (Å²) in [6.07, 6.45) is -4.40. The summed E-state index contributed by atoms with van der Waals surface area (Å²) in [4.78, 5) is 31.9. The fraction of sp³-hybridized carbons (Fsp3) is 0.333. The van der Waals surface area contributed by atoms with Crippen LogP contribution in [0, 0.1) is 0 Å². The third-order valence-electron chi connectivity index (χ3n) is 5.94. The van der Waals surface area contributed by atoms with E-state index in [0.717, 1.165) is 12.1 Å². The molecule has 2 N–H and O–H groups in total. The van der Waals surface area contributed by atoms with E-state index in [-0.39, 0.29) is 23.8 Å². The number of aromatic nitrogens is 1. The molecule has 8 nitrogen and oxygen atoms in total. The van der Waals surface area contributed by atoms with Crippen molar-refractivity contribution in [3.63, 3.8) is 0 Å². The van der Waals surface area contributed by atoms with Gasteiger partial charge in [-0.1, -0.05) is 12.1 Å². The molecule has 3 aromatic rings. The number of nitrogens with zero attached hydrogens (tertiary/aromatic N) is 2. The van der Waals surface area contributed by atoms with Gasteiger partial charge in [-0.05, 0) is 30.3 Å². The molecule has 1 fully saturated rings. The molecule has 1 saturated heterocycles. The number of methoxy groups -OCH3 is 2. The first kappa shape index (κ1) is 24.4. The highest BCUT2D eigenvalue weighted by atomic mass is 19.4. The Kier molecular flexibility index (Phi) is 6.88. The van der Waals surface area contributed by atoms with Gasteiger partial charge in [0, 0.05) is 31.9 Å². The van der Waals surface area contributed by atoms with Crippen molar-refractivity contribution in [3.05, 3.63) is 53.7 Å². The zero-order valence-corrected chi connectivity index (χ0v) is 19.2. The van der Waals surface area contributed by atoms with E-state index >= 15 is 0 Å². The number of halogens is 3. The minimum Gasteiger partial charge on any atom is -0.496 e. The van der Waals surface area contributed by atoms with Gasteiger partial charge in [0.25, 0.3) is 0 Å². The number of H-pyrrole nitrogens is 1. The molecule has 0 spiro atoms. The largest absolute Gasteiger partial charge is 0.496 e. The van der Waals surface area contributed by atoms with Gasteiger partial charge in [-0.25, -0.2) is 4.79 Å². The normalized spacial score (nSPS) is 14.7. The van der Waals surface area contributed by atoms with Crippen LogP contribution in [-0.2, 0) is 15.7 Å². The number of rotatable bonds is 6. The van der Waals surface area contributed by atoms with Gasteiger partial charge < -0.3 is 24.7 Å². The number of aromatic amines is 1. The van der Waals surface area contributed by atoms with E-state index in [1.165, 1.54) is 20.3 Å². The lowest BCUT2D eigenvalue weighted by molar-refractivity contribution is -0.137. The van der Waals surface area contributed by atoms with Crippen molar-refractivity contribution in [2.45, 2.75) is 6.18 Å². The minimum atomic E-state index is -4.40. The van der Waals surface area contributed by atoms with E-state index in [0.29, 0.717) is 48.5 Å². The number of hydrogen-bond acceptors (Lipinski definition) is 6. The predicted octanol–water partition coefficient (Wildman–Crippen LogP) is 3.74. The van der Waals surface area contributed by atoms with Crippen LogP contribution in [-0.4, -0.2) is 68.7 Å². The lowest BCUT2D eigenvalue weighted by Gasteiger charge is -2.36. The first-order valence-corrected chi connectivity index (χ1v) is 10.9. The van der Waals surface area contributed by atoms with Crippen molar-refractivity contribution in [1.29, 1.82) is 0 Å². The third kappa shape index (κ3) is 5.19. The maximum atomic E-state index is 13.0. The molecule has 0 bridgehead atoms. The molecule has 4 rings (SSSR count). The molecular weight excluding hydrogens is 465 g/mol. The Hall–Kier alpha value is -3.73. The molecule has 11 heteroatoms. The molecule has 2 heterocycles. The molecule has 0 unspecified atom stereocenters. The molecule has 0 atom stereocenters. The summed E-state index contributed by atoms with van der Waals surface area (Å²) in [6.45, 7) is 1.99. The summed E-state index contributed by atoms with van der Waals surface area (Å²) >= 11 is 0. The zero-order valence-electron chi connectivity index (χ0n) is 19.2. The highest BCUT2D eigenvalue weighted by molar-refractivity contribution is 6.13. The van der Waals surface area contributed by atoms with Gasteiger partial charge in [0.05, 0.1) is 42.9 Å².